The Morgan fingerprint density at radius 2 is 0.692 bits per heavy atom. The number of aliphatic hydroxyl groups excluding tert-OH is 1. The molecule has 0 radical (unpaired) electrons. The molecule has 0 unspecified atom stereocenters. The van der Waals surface area contributed by atoms with Crippen LogP contribution in [0.5, 0.6) is 34.5 Å². The average Bonchev–Trinajstić information content (AvgIpc) is 1.79. The van der Waals surface area contributed by atoms with Crippen molar-refractivity contribution in [1.82, 2.24) is 73.9 Å². The molecule has 3 saturated carbocycles. The molecule has 614 valence electrons. The summed E-state index contributed by atoms with van der Waals surface area (Å²) in [4.78, 5) is 43.4. The van der Waals surface area contributed by atoms with Gasteiger partial charge in [0.05, 0.1) is 155 Å². The van der Waals surface area contributed by atoms with Crippen molar-refractivity contribution in [2.24, 2.45) is 17.8 Å². The van der Waals surface area contributed by atoms with E-state index in [-0.39, 0.29) is 6.61 Å². The summed E-state index contributed by atoms with van der Waals surface area (Å²) in [7, 11) is 10.1. The van der Waals surface area contributed by atoms with Crippen molar-refractivity contribution >= 4 is 67.2 Å². The van der Waals surface area contributed by atoms with Gasteiger partial charge in [-0.25, -0.2) is 15.0 Å². The number of methoxy groups -OCH3 is 6. The van der Waals surface area contributed by atoms with E-state index in [1.165, 1.54) is 38.5 Å². The molecule has 17 rings (SSSR count). The molecule has 27 heteroatoms. The van der Waals surface area contributed by atoms with Crippen LogP contribution in [0.3, 0.4) is 0 Å². The molecular weight excluding hydrogens is 1480 g/mol. The summed E-state index contributed by atoms with van der Waals surface area (Å²) in [5.74, 6) is 6.63. The van der Waals surface area contributed by atoms with Gasteiger partial charge < -0.3 is 67.9 Å². The van der Waals surface area contributed by atoms with E-state index in [2.05, 4.69) is 129 Å². The number of ether oxygens (including phenoxy) is 7. The molecule has 12 aromatic rings. The quantitative estimate of drug-likeness (QED) is 0.0380. The second-order valence-electron chi connectivity index (χ2n) is 31.8. The number of hydrogen-bond acceptors (Lipinski definition) is 24. The summed E-state index contributed by atoms with van der Waals surface area (Å²) < 4.78 is 44.5. The van der Waals surface area contributed by atoms with Crippen molar-refractivity contribution < 1.29 is 43.4 Å². The maximum atomic E-state index is 10.1. The number of aliphatic hydroxyl groups is 2. The number of hydrogen-bond donors (Lipinski definition) is 2. The zero-order valence-corrected chi connectivity index (χ0v) is 68.7. The SMILES string of the molecule is COc1cc(OC)cc(N(CC2CC2)c2ccc3ncc(-c4cnn(CC(C)(C)O)c4)nc3c2)c1.COc1cc(OC)cc(N(CC2CC2)c2ccc3ncc(-c4cnn(CCCN5CCN(CCCO)CC5)c4)nc3c2)c1.COc1cc(OC)cc(N(CC2CC2)c2ccc3ncc(-c4cnn(CCCN5CCOCC5)c4)nc3c2)c1. The van der Waals surface area contributed by atoms with Gasteiger partial charge in [-0.3, -0.25) is 33.9 Å². The fourth-order valence-electron chi connectivity index (χ4n) is 15.0. The van der Waals surface area contributed by atoms with Crippen molar-refractivity contribution in [3.63, 3.8) is 0 Å². The first-order chi connectivity index (χ1) is 57.1. The van der Waals surface area contributed by atoms with E-state index < -0.39 is 5.60 Å². The molecule has 6 aromatic heterocycles. The Labute approximate surface area is 684 Å². The molecule has 5 fully saturated rings. The van der Waals surface area contributed by atoms with Crippen molar-refractivity contribution in [3.8, 4) is 68.3 Å². The van der Waals surface area contributed by atoms with Gasteiger partial charge in [0, 0.05) is 216 Å². The minimum Gasteiger partial charge on any atom is -0.497 e. The van der Waals surface area contributed by atoms with Crippen molar-refractivity contribution in [1.29, 1.82) is 0 Å². The summed E-state index contributed by atoms with van der Waals surface area (Å²) in [5, 5.41) is 32.7. The van der Waals surface area contributed by atoms with Gasteiger partial charge in [0.2, 0.25) is 0 Å². The Morgan fingerprint density at radius 3 is 1.01 bits per heavy atom. The van der Waals surface area contributed by atoms with E-state index in [0.29, 0.717) is 24.3 Å². The molecule has 117 heavy (non-hydrogen) atoms. The summed E-state index contributed by atoms with van der Waals surface area (Å²) in [6.07, 6.45) is 27.5. The topological polar surface area (TPSA) is 255 Å². The zero-order chi connectivity index (χ0) is 80.8. The lowest BCUT2D eigenvalue weighted by Crippen LogP contribution is -2.46. The first-order valence-electron chi connectivity index (χ1n) is 41.1. The van der Waals surface area contributed by atoms with Crippen LogP contribution in [-0.2, 0) is 24.4 Å². The van der Waals surface area contributed by atoms with Crippen LogP contribution in [0.2, 0.25) is 0 Å². The summed E-state index contributed by atoms with van der Waals surface area (Å²) >= 11 is 0. The first kappa shape index (κ1) is 81.1. The second kappa shape index (κ2) is 37.9. The van der Waals surface area contributed by atoms with Crippen LogP contribution in [0.1, 0.15) is 71.6 Å². The lowest BCUT2D eigenvalue weighted by atomic mass is 10.1. The van der Waals surface area contributed by atoms with Crippen LogP contribution < -0.4 is 43.1 Å². The summed E-state index contributed by atoms with van der Waals surface area (Å²) in [6, 6.07) is 36.8. The third-order valence-corrected chi connectivity index (χ3v) is 22.1. The van der Waals surface area contributed by atoms with Crippen LogP contribution in [-0.4, -0.2) is 231 Å². The highest BCUT2D eigenvalue weighted by Crippen LogP contribution is 2.43. The van der Waals surface area contributed by atoms with Crippen molar-refractivity contribution in [2.75, 3.05) is 156 Å². The molecule has 2 saturated heterocycles. The van der Waals surface area contributed by atoms with Gasteiger partial charge in [0.1, 0.15) is 34.5 Å². The highest BCUT2D eigenvalue weighted by atomic mass is 16.5. The number of aryl methyl sites for hydroxylation is 2. The Balaban J connectivity index is 0.000000138. The molecule has 6 aromatic carbocycles. The van der Waals surface area contributed by atoms with Crippen LogP contribution >= 0.6 is 0 Å². The third-order valence-electron chi connectivity index (χ3n) is 22.1. The Morgan fingerprint density at radius 1 is 0.376 bits per heavy atom. The lowest BCUT2D eigenvalue weighted by molar-refractivity contribution is 0.0368. The highest BCUT2D eigenvalue weighted by Gasteiger charge is 2.30. The number of anilines is 6. The molecule has 27 nitrogen and oxygen atoms in total. The Kier molecular flexibility index (Phi) is 26.3. The maximum absolute atomic E-state index is 10.1. The van der Waals surface area contributed by atoms with Crippen LogP contribution in [0, 0.1) is 17.8 Å². The molecule has 0 atom stereocenters. The van der Waals surface area contributed by atoms with Gasteiger partial charge >= 0.3 is 0 Å². The minimum atomic E-state index is -0.846. The van der Waals surface area contributed by atoms with Gasteiger partial charge in [0.15, 0.2) is 0 Å². The van der Waals surface area contributed by atoms with E-state index in [1.807, 2.05) is 82.8 Å². The van der Waals surface area contributed by atoms with E-state index in [1.54, 1.807) is 73.6 Å². The molecule has 8 heterocycles. The molecule has 2 aliphatic heterocycles. The van der Waals surface area contributed by atoms with E-state index >= 15 is 0 Å². The second-order valence-corrected chi connectivity index (χ2v) is 31.8. The van der Waals surface area contributed by atoms with Crippen LogP contribution in [0.25, 0.3) is 66.9 Å². The molecule has 0 amide bonds. The predicted molar refractivity (Wildman–Crippen MR) is 457 cm³/mol. The number of morpholine rings is 1. The smallest absolute Gasteiger partial charge is 0.124 e. The fourth-order valence-corrected chi connectivity index (χ4v) is 15.0. The third kappa shape index (κ3) is 21.8. The predicted octanol–water partition coefficient (Wildman–Crippen LogP) is 14.1. The van der Waals surface area contributed by atoms with Gasteiger partial charge in [0.25, 0.3) is 0 Å². The summed E-state index contributed by atoms with van der Waals surface area (Å²) in [6.45, 7) is 19.9. The van der Waals surface area contributed by atoms with Crippen LogP contribution in [0.15, 0.2) is 165 Å². The average molecular weight is 1590 g/mol. The largest absolute Gasteiger partial charge is 0.497 e. The number of benzene rings is 6. The number of rotatable bonds is 34. The lowest BCUT2D eigenvalue weighted by Gasteiger charge is -2.34. The molecule has 2 N–H and O–H groups in total. The molecule has 0 spiro atoms. The van der Waals surface area contributed by atoms with E-state index in [0.717, 1.165) is 260 Å². The normalized spacial score (nSPS) is 15.3. The van der Waals surface area contributed by atoms with E-state index in [9.17, 15) is 5.11 Å². The van der Waals surface area contributed by atoms with Crippen molar-refractivity contribution in [3.05, 3.63) is 165 Å². The molecule has 3 aliphatic carbocycles. The number of aromatic nitrogens is 12. The fraction of sp³-hybridized carbons (Fsp3) is 0.433. The Bertz CT molecular complexity index is 5210. The maximum Gasteiger partial charge on any atom is 0.124 e. The van der Waals surface area contributed by atoms with Gasteiger partial charge in [-0.1, -0.05) is 0 Å². The number of nitrogens with zero attached hydrogens (tertiary/aromatic N) is 18. The van der Waals surface area contributed by atoms with E-state index in [4.69, 9.17) is 63.2 Å². The first-order valence-corrected chi connectivity index (χ1v) is 41.1. The van der Waals surface area contributed by atoms with Gasteiger partial charge in [-0.15, -0.1) is 0 Å². The molecule has 0 bridgehead atoms. The number of fused-ring (bicyclic) bond motifs is 3. The number of piperazine rings is 1. The highest BCUT2D eigenvalue weighted by molar-refractivity contribution is 5.86. The Hall–Kier alpha value is -11.1. The molecular formula is C90H110N18O9. The zero-order valence-electron chi connectivity index (χ0n) is 68.7. The monoisotopic (exact) mass is 1590 g/mol. The van der Waals surface area contributed by atoms with Crippen molar-refractivity contribution in [2.45, 2.75) is 96.9 Å². The van der Waals surface area contributed by atoms with Gasteiger partial charge in [-0.05, 0) is 151 Å². The standard InChI is InChI=1S/C33H43N7O3.C30H36N6O3.C27H31N5O3/c1-42-29-17-28(18-30(20-29)43-2)40(23-25-5-6-25)27-7-8-31-32(19-27)36-33(22-34-31)26-21-35-39(24-26)11-3-9-37-12-14-38(15-13-37)10-4-16-41;1-37-26-14-25(15-27(17-26)38-2)36(20-22-4-5-22)24-6-7-28-29(16-24)33-30(19-31-28)23-18-32-35(21-23)9-3-8-34-10-12-39-13-11-34;1-27(2,33)17-31-16-19(13-29-31)26-14-28-24-8-7-20(11-25(24)30-26)32(15-18-5-6-18)21-9-22(34-3)12-23(10-21)35-4/h7-8,17-22,24-25,41H,3-6,9-16,23H2,1-2H3;6-7,14-19,21-22H,3-5,8-13,20H2,1-2H3;7-14,16,18,33H,5-6,15,17H2,1-4H3. The van der Waals surface area contributed by atoms with Gasteiger partial charge in [-0.2, -0.15) is 15.3 Å². The summed E-state index contributed by atoms with van der Waals surface area (Å²) in [5.41, 5.74) is 15.8. The molecule has 5 aliphatic rings. The van der Waals surface area contributed by atoms with Crippen LogP contribution in [0.4, 0.5) is 34.1 Å². The minimum absolute atomic E-state index is 0.275.